The SMILES string of the molecule is O=C(O)c1cccc(C(=O)O)c1-c1nc2ccccc2[nH]1. The van der Waals surface area contributed by atoms with E-state index in [1.54, 1.807) is 18.2 Å². The lowest BCUT2D eigenvalue weighted by atomic mass is 10.0. The number of aromatic nitrogens is 2. The molecule has 0 saturated heterocycles. The monoisotopic (exact) mass is 282 g/mol. The lowest BCUT2D eigenvalue weighted by Gasteiger charge is -2.07. The number of carboxylic acids is 2. The van der Waals surface area contributed by atoms with E-state index in [9.17, 15) is 19.8 Å². The molecule has 0 aliphatic heterocycles. The van der Waals surface area contributed by atoms with Crippen molar-refractivity contribution in [3.8, 4) is 11.4 Å². The number of imidazole rings is 1. The molecule has 3 N–H and O–H groups in total. The van der Waals surface area contributed by atoms with Gasteiger partial charge in [0, 0.05) is 5.56 Å². The van der Waals surface area contributed by atoms with Crippen LogP contribution < -0.4 is 0 Å². The van der Waals surface area contributed by atoms with E-state index in [1.807, 2.05) is 6.07 Å². The van der Waals surface area contributed by atoms with E-state index in [1.165, 1.54) is 18.2 Å². The Bertz CT molecular complexity index is 802. The first-order valence-electron chi connectivity index (χ1n) is 6.12. The summed E-state index contributed by atoms with van der Waals surface area (Å²) in [5.41, 5.74) is 1.23. The molecule has 0 aliphatic rings. The predicted molar refractivity (Wildman–Crippen MR) is 75.4 cm³/mol. The number of hydrogen-bond donors (Lipinski definition) is 3. The Morgan fingerprint density at radius 3 is 2.10 bits per heavy atom. The molecule has 0 amide bonds. The van der Waals surface area contributed by atoms with E-state index in [0.29, 0.717) is 11.0 Å². The van der Waals surface area contributed by atoms with E-state index < -0.39 is 11.9 Å². The number of fused-ring (bicyclic) bond motifs is 1. The Morgan fingerprint density at radius 2 is 1.52 bits per heavy atom. The number of para-hydroxylation sites is 2. The molecule has 2 aromatic carbocycles. The largest absolute Gasteiger partial charge is 0.478 e. The van der Waals surface area contributed by atoms with Crippen LogP contribution in [0.4, 0.5) is 0 Å². The molecule has 3 aromatic rings. The molecule has 0 radical (unpaired) electrons. The van der Waals surface area contributed by atoms with Gasteiger partial charge in [0.25, 0.3) is 0 Å². The van der Waals surface area contributed by atoms with E-state index >= 15 is 0 Å². The van der Waals surface area contributed by atoms with E-state index in [4.69, 9.17) is 0 Å². The minimum atomic E-state index is -1.20. The number of hydrogen-bond acceptors (Lipinski definition) is 3. The number of nitrogens with zero attached hydrogens (tertiary/aromatic N) is 1. The van der Waals surface area contributed by atoms with Crippen molar-refractivity contribution in [1.82, 2.24) is 9.97 Å². The fourth-order valence-corrected chi connectivity index (χ4v) is 2.24. The summed E-state index contributed by atoms with van der Waals surface area (Å²) < 4.78 is 0. The molecule has 0 fully saturated rings. The van der Waals surface area contributed by atoms with Gasteiger partial charge in [-0.2, -0.15) is 0 Å². The van der Waals surface area contributed by atoms with Crippen molar-refractivity contribution < 1.29 is 19.8 Å². The maximum absolute atomic E-state index is 11.4. The molecule has 1 heterocycles. The molecule has 0 atom stereocenters. The zero-order valence-corrected chi connectivity index (χ0v) is 10.7. The van der Waals surface area contributed by atoms with Crippen molar-refractivity contribution in [1.29, 1.82) is 0 Å². The first kappa shape index (κ1) is 12.9. The van der Waals surface area contributed by atoms with E-state index in [-0.39, 0.29) is 22.5 Å². The molecule has 3 rings (SSSR count). The van der Waals surface area contributed by atoms with Gasteiger partial charge in [-0.25, -0.2) is 14.6 Å². The third-order valence-electron chi connectivity index (χ3n) is 3.15. The highest BCUT2D eigenvalue weighted by Gasteiger charge is 2.21. The molecular weight excluding hydrogens is 272 g/mol. The van der Waals surface area contributed by atoms with Gasteiger partial charge in [-0.3, -0.25) is 0 Å². The Labute approximate surface area is 118 Å². The first-order chi connectivity index (χ1) is 10.1. The fraction of sp³-hybridized carbons (Fsp3) is 0. The van der Waals surface area contributed by atoms with Crippen LogP contribution in [-0.2, 0) is 0 Å². The second-order valence-corrected chi connectivity index (χ2v) is 4.44. The normalized spacial score (nSPS) is 10.7. The van der Waals surface area contributed by atoms with Gasteiger partial charge in [0.15, 0.2) is 0 Å². The highest BCUT2D eigenvalue weighted by molar-refractivity contribution is 6.04. The van der Waals surface area contributed by atoms with Gasteiger partial charge in [-0.05, 0) is 24.3 Å². The zero-order chi connectivity index (χ0) is 15.0. The molecule has 0 saturated carbocycles. The number of carbonyl (C=O) groups is 2. The van der Waals surface area contributed by atoms with Crippen LogP contribution >= 0.6 is 0 Å². The highest BCUT2D eigenvalue weighted by Crippen LogP contribution is 2.28. The lowest BCUT2D eigenvalue weighted by molar-refractivity contribution is 0.0696. The zero-order valence-electron chi connectivity index (χ0n) is 10.7. The number of H-pyrrole nitrogens is 1. The van der Waals surface area contributed by atoms with Crippen molar-refractivity contribution in [3.63, 3.8) is 0 Å². The maximum atomic E-state index is 11.4. The molecule has 0 aliphatic carbocycles. The average Bonchev–Trinajstić information content (AvgIpc) is 2.89. The fourth-order valence-electron chi connectivity index (χ4n) is 2.24. The summed E-state index contributed by atoms with van der Waals surface area (Å²) in [6.45, 7) is 0. The van der Waals surface area contributed by atoms with Gasteiger partial charge in [0.05, 0.1) is 22.2 Å². The summed E-state index contributed by atoms with van der Waals surface area (Å²) in [5, 5.41) is 18.5. The second-order valence-electron chi connectivity index (χ2n) is 4.44. The Hall–Kier alpha value is -3.15. The van der Waals surface area contributed by atoms with Gasteiger partial charge < -0.3 is 15.2 Å². The first-order valence-corrected chi connectivity index (χ1v) is 6.12. The number of aromatic amines is 1. The van der Waals surface area contributed by atoms with Crippen LogP contribution in [0.25, 0.3) is 22.4 Å². The van der Waals surface area contributed by atoms with Crippen LogP contribution in [0.15, 0.2) is 42.5 Å². The van der Waals surface area contributed by atoms with Crippen molar-refractivity contribution in [2.45, 2.75) is 0 Å². The van der Waals surface area contributed by atoms with Crippen molar-refractivity contribution >= 4 is 23.0 Å². The summed E-state index contributed by atoms with van der Waals surface area (Å²) in [6, 6.07) is 11.3. The minimum absolute atomic E-state index is 0.0775. The second kappa shape index (κ2) is 4.75. The Morgan fingerprint density at radius 1 is 0.905 bits per heavy atom. The summed E-state index contributed by atoms with van der Waals surface area (Å²) in [4.78, 5) is 30.0. The summed E-state index contributed by atoms with van der Waals surface area (Å²) in [5.74, 6) is -2.17. The highest BCUT2D eigenvalue weighted by atomic mass is 16.4. The summed E-state index contributed by atoms with van der Waals surface area (Å²) in [6.07, 6.45) is 0. The van der Waals surface area contributed by atoms with Crippen LogP contribution in [0, 0.1) is 0 Å². The molecule has 6 heteroatoms. The number of rotatable bonds is 3. The predicted octanol–water partition coefficient (Wildman–Crippen LogP) is 2.63. The smallest absolute Gasteiger partial charge is 0.336 e. The topological polar surface area (TPSA) is 103 Å². The molecule has 0 spiro atoms. The van der Waals surface area contributed by atoms with E-state index in [2.05, 4.69) is 9.97 Å². The van der Waals surface area contributed by atoms with Gasteiger partial charge >= 0.3 is 11.9 Å². The summed E-state index contributed by atoms with van der Waals surface area (Å²) >= 11 is 0. The number of carboxylic acid groups (broad SMARTS) is 2. The van der Waals surface area contributed by atoms with Crippen LogP contribution in [-0.4, -0.2) is 32.1 Å². The van der Waals surface area contributed by atoms with Gasteiger partial charge in [-0.15, -0.1) is 0 Å². The van der Waals surface area contributed by atoms with Gasteiger partial charge in [0.2, 0.25) is 0 Å². The minimum Gasteiger partial charge on any atom is -0.478 e. The van der Waals surface area contributed by atoms with Crippen LogP contribution in [0.5, 0.6) is 0 Å². The Balaban J connectivity index is 2.33. The standard InChI is InChI=1S/C15H10N2O4/c18-14(19)8-4-3-5-9(15(20)21)12(8)13-16-10-6-1-2-7-11(10)17-13/h1-7H,(H,16,17)(H,18,19)(H,20,21). The quantitative estimate of drug-likeness (QED) is 0.685. The number of aromatic carboxylic acids is 2. The molecule has 1 aromatic heterocycles. The molecule has 104 valence electrons. The number of nitrogens with one attached hydrogen (secondary N) is 1. The Kier molecular flexibility index (Phi) is 2.91. The van der Waals surface area contributed by atoms with Crippen molar-refractivity contribution in [2.75, 3.05) is 0 Å². The van der Waals surface area contributed by atoms with E-state index in [0.717, 1.165) is 0 Å². The van der Waals surface area contributed by atoms with Crippen LogP contribution in [0.1, 0.15) is 20.7 Å². The van der Waals surface area contributed by atoms with Gasteiger partial charge in [0.1, 0.15) is 5.82 Å². The average molecular weight is 282 g/mol. The van der Waals surface area contributed by atoms with Crippen LogP contribution in [0.2, 0.25) is 0 Å². The lowest BCUT2D eigenvalue weighted by Crippen LogP contribution is -2.07. The van der Waals surface area contributed by atoms with Crippen LogP contribution in [0.3, 0.4) is 0 Å². The van der Waals surface area contributed by atoms with Crippen molar-refractivity contribution in [3.05, 3.63) is 53.6 Å². The maximum Gasteiger partial charge on any atom is 0.336 e. The van der Waals surface area contributed by atoms with Crippen molar-refractivity contribution in [2.24, 2.45) is 0 Å². The number of benzene rings is 2. The molecule has 0 bridgehead atoms. The third-order valence-corrected chi connectivity index (χ3v) is 3.15. The molecule has 6 nitrogen and oxygen atoms in total. The van der Waals surface area contributed by atoms with Gasteiger partial charge in [-0.1, -0.05) is 18.2 Å². The molecule has 21 heavy (non-hydrogen) atoms. The third kappa shape index (κ3) is 2.12. The molecular formula is C15H10N2O4. The molecule has 0 unspecified atom stereocenters. The summed E-state index contributed by atoms with van der Waals surface area (Å²) in [7, 11) is 0.